The monoisotopic (exact) mass is 235 g/mol. The van der Waals surface area contributed by atoms with Gasteiger partial charge in [0.2, 0.25) is 0 Å². The Hall–Kier alpha value is -1.61. The first kappa shape index (κ1) is 10.9. The van der Waals surface area contributed by atoms with Crippen LogP contribution in [0.4, 0.5) is 11.4 Å². The molecule has 1 heterocycles. The molecule has 1 aromatic carbocycles. The van der Waals surface area contributed by atoms with Crippen LogP contribution < -0.4 is 11.1 Å². The van der Waals surface area contributed by atoms with Crippen LogP contribution in [0.1, 0.15) is 5.56 Å². The molecule has 0 aliphatic heterocycles. The number of benzene rings is 1. The second-order valence-corrected chi connectivity index (χ2v) is 4.01. The number of H-pyrrole nitrogens is 1. The van der Waals surface area contributed by atoms with E-state index in [1.54, 1.807) is 0 Å². The van der Waals surface area contributed by atoms with Gasteiger partial charge >= 0.3 is 0 Å². The number of hydrogen-bond donors (Lipinski definition) is 3. The molecule has 0 saturated heterocycles. The number of hydrogen-bond acceptors (Lipinski definition) is 2. The van der Waals surface area contributed by atoms with Crippen LogP contribution in [0, 0.1) is 0 Å². The maximum atomic E-state index is 6.04. The highest BCUT2D eigenvalue weighted by atomic mass is 35.5. The van der Waals surface area contributed by atoms with Crippen molar-refractivity contribution >= 4 is 23.0 Å². The van der Waals surface area contributed by atoms with Crippen molar-refractivity contribution in [3.8, 4) is 0 Å². The third-order valence-electron chi connectivity index (χ3n) is 2.42. The van der Waals surface area contributed by atoms with Crippen molar-refractivity contribution in [1.29, 1.82) is 0 Å². The Morgan fingerprint density at radius 3 is 2.88 bits per heavy atom. The summed E-state index contributed by atoms with van der Waals surface area (Å²) in [5.74, 6) is 0. The summed E-state index contributed by atoms with van der Waals surface area (Å²) in [6, 6.07) is 7.56. The Labute approximate surface area is 99.6 Å². The maximum absolute atomic E-state index is 6.04. The van der Waals surface area contributed by atoms with E-state index in [0.717, 1.165) is 18.7 Å². The van der Waals surface area contributed by atoms with Crippen LogP contribution in [0.15, 0.2) is 36.7 Å². The van der Waals surface area contributed by atoms with E-state index < -0.39 is 0 Å². The summed E-state index contributed by atoms with van der Waals surface area (Å²) in [6.45, 7) is 0.811. The number of anilines is 2. The predicted molar refractivity (Wildman–Crippen MR) is 68.9 cm³/mol. The van der Waals surface area contributed by atoms with Gasteiger partial charge in [-0.3, -0.25) is 0 Å². The van der Waals surface area contributed by atoms with Gasteiger partial charge in [-0.05, 0) is 30.2 Å². The molecule has 3 nitrogen and oxygen atoms in total. The van der Waals surface area contributed by atoms with Crippen molar-refractivity contribution in [2.24, 2.45) is 0 Å². The number of nitrogen functional groups attached to an aromatic ring is 1. The van der Waals surface area contributed by atoms with Crippen molar-refractivity contribution in [2.45, 2.75) is 6.42 Å². The number of aromatic amines is 1. The maximum Gasteiger partial charge on any atom is 0.0763 e. The zero-order valence-electron chi connectivity index (χ0n) is 8.83. The Morgan fingerprint density at radius 1 is 1.31 bits per heavy atom. The van der Waals surface area contributed by atoms with Gasteiger partial charge in [-0.2, -0.15) is 0 Å². The smallest absolute Gasteiger partial charge is 0.0763 e. The first-order valence-electron chi connectivity index (χ1n) is 5.17. The van der Waals surface area contributed by atoms with Gasteiger partial charge in [-0.15, -0.1) is 0 Å². The van der Waals surface area contributed by atoms with E-state index in [1.807, 2.05) is 30.6 Å². The van der Waals surface area contributed by atoms with Crippen LogP contribution in [0.25, 0.3) is 0 Å². The summed E-state index contributed by atoms with van der Waals surface area (Å²) >= 11 is 6.04. The summed E-state index contributed by atoms with van der Waals surface area (Å²) < 4.78 is 0. The Morgan fingerprint density at radius 2 is 2.19 bits per heavy atom. The summed E-state index contributed by atoms with van der Waals surface area (Å²) in [5.41, 5.74) is 8.59. The molecule has 4 heteroatoms. The normalized spacial score (nSPS) is 10.3. The molecule has 0 amide bonds. The number of nitrogens with one attached hydrogen (secondary N) is 2. The molecule has 0 atom stereocenters. The Kier molecular flexibility index (Phi) is 3.37. The Bertz CT molecular complexity index is 431. The van der Waals surface area contributed by atoms with Gasteiger partial charge in [0, 0.05) is 18.9 Å². The fraction of sp³-hybridized carbons (Fsp3) is 0.167. The van der Waals surface area contributed by atoms with E-state index in [9.17, 15) is 0 Å². The fourth-order valence-electron chi connectivity index (χ4n) is 1.57. The lowest BCUT2D eigenvalue weighted by Crippen LogP contribution is -2.06. The van der Waals surface area contributed by atoms with Crippen molar-refractivity contribution in [3.63, 3.8) is 0 Å². The molecule has 4 N–H and O–H groups in total. The molecule has 0 bridgehead atoms. The molecule has 2 rings (SSSR count). The van der Waals surface area contributed by atoms with Gasteiger partial charge in [0.25, 0.3) is 0 Å². The first-order valence-corrected chi connectivity index (χ1v) is 5.54. The minimum Gasteiger partial charge on any atom is -0.397 e. The molecular weight excluding hydrogens is 222 g/mol. The number of aromatic nitrogens is 1. The molecular formula is C12H14ClN3. The topological polar surface area (TPSA) is 53.8 Å². The third kappa shape index (κ3) is 2.49. The SMILES string of the molecule is Nc1cccc(Cl)c1NCCc1cc[nH]c1. The van der Waals surface area contributed by atoms with Crippen LogP contribution in [-0.4, -0.2) is 11.5 Å². The van der Waals surface area contributed by atoms with Crippen molar-refractivity contribution < 1.29 is 0 Å². The number of para-hydroxylation sites is 1. The molecule has 0 fully saturated rings. The highest BCUT2D eigenvalue weighted by Crippen LogP contribution is 2.27. The van der Waals surface area contributed by atoms with E-state index in [-0.39, 0.29) is 0 Å². The van der Waals surface area contributed by atoms with E-state index in [1.165, 1.54) is 5.56 Å². The minimum atomic E-state index is 0.661. The average Bonchev–Trinajstić information content (AvgIpc) is 2.75. The molecule has 0 aliphatic carbocycles. The van der Waals surface area contributed by atoms with E-state index in [2.05, 4.69) is 16.4 Å². The molecule has 0 saturated carbocycles. The molecule has 84 valence electrons. The van der Waals surface area contributed by atoms with Crippen LogP contribution in [0.3, 0.4) is 0 Å². The molecule has 0 aliphatic rings. The standard InChI is InChI=1S/C12H14ClN3/c13-10-2-1-3-11(14)12(10)16-7-5-9-4-6-15-8-9/h1-4,6,8,15-16H,5,7,14H2. The van der Waals surface area contributed by atoms with Crippen LogP contribution in [0.2, 0.25) is 5.02 Å². The van der Waals surface area contributed by atoms with Crippen LogP contribution in [-0.2, 0) is 6.42 Å². The van der Waals surface area contributed by atoms with Gasteiger partial charge in [0.15, 0.2) is 0 Å². The molecule has 0 radical (unpaired) electrons. The van der Waals surface area contributed by atoms with Crippen molar-refractivity contribution in [3.05, 3.63) is 47.2 Å². The van der Waals surface area contributed by atoms with Gasteiger partial charge in [-0.1, -0.05) is 17.7 Å². The van der Waals surface area contributed by atoms with Crippen molar-refractivity contribution in [2.75, 3.05) is 17.6 Å². The van der Waals surface area contributed by atoms with Gasteiger partial charge in [-0.25, -0.2) is 0 Å². The minimum absolute atomic E-state index is 0.661. The average molecular weight is 236 g/mol. The summed E-state index contributed by atoms with van der Waals surface area (Å²) in [5, 5.41) is 3.91. The molecule has 2 aromatic rings. The number of nitrogens with two attached hydrogens (primary N) is 1. The van der Waals surface area contributed by atoms with E-state index in [0.29, 0.717) is 10.7 Å². The lowest BCUT2D eigenvalue weighted by molar-refractivity contribution is 1.02. The molecule has 1 aromatic heterocycles. The fourth-order valence-corrected chi connectivity index (χ4v) is 1.82. The zero-order chi connectivity index (χ0) is 11.4. The quantitative estimate of drug-likeness (QED) is 0.714. The largest absolute Gasteiger partial charge is 0.397 e. The number of halogens is 1. The highest BCUT2D eigenvalue weighted by molar-refractivity contribution is 6.33. The van der Waals surface area contributed by atoms with E-state index >= 15 is 0 Å². The zero-order valence-corrected chi connectivity index (χ0v) is 9.59. The second kappa shape index (κ2) is 4.94. The Balaban J connectivity index is 1.95. The molecule has 16 heavy (non-hydrogen) atoms. The number of rotatable bonds is 4. The summed E-state index contributed by atoms with van der Waals surface area (Å²) in [7, 11) is 0. The summed E-state index contributed by atoms with van der Waals surface area (Å²) in [6.07, 6.45) is 4.84. The molecule has 0 spiro atoms. The van der Waals surface area contributed by atoms with Crippen molar-refractivity contribution in [1.82, 2.24) is 4.98 Å². The lowest BCUT2D eigenvalue weighted by atomic mass is 10.2. The first-order chi connectivity index (χ1) is 7.77. The highest BCUT2D eigenvalue weighted by Gasteiger charge is 2.03. The van der Waals surface area contributed by atoms with Crippen LogP contribution >= 0.6 is 11.6 Å². The van der Waals surface area contributed by atoms with E-state index in [4.69, 9.17) is 17.3 Å². The summed E-state index contributed by atoms with van der Waals surface area (Å²) in [4.78, 5) is 3.02. The van der Waals surface area contributed by atoms with Crippen LogP contribution in [0.5, 0.6) is 0 Å². The molecule has 0 unspecified atom stereocenters. The third-order valence-corrected chi connectivity index (χ3v) is 2.74. The second-order valence-electron chi connectivity index (χ2n) is 3.60. The van der Waals surface area contributed by atoms with Gasteiger partial charge < -0.3 is 16.0 Å². The lowest BCUT2D eigenvalue weighted by Gasteiger charge is -2.10. The van der Waals surface area contributed by atoms with Gasteiger partial charge in [0.05, 0.1) is 16.4 Å². The predicted octanol–water partition coefficient (Wildman–Crippen LogP) is 2.90. The van der Waals surface area contributed by atoms with Gasteiger partial charge in [0.1, 0.15) is 0 Å².